The molecular formula is C12H18N2O5S. The van der Waals surface area contributed by atoms with Crippen molar-refractivity contribution in [2.75, 3.05) is 25.2 Å². The van der Waals surface area contributed by atoms with Gasteiger partial charge in [0.1, 0.15) is 5.75 Å². The molecule has 0 heterocycles. The van der Waals surface area contributed by atoms with E-state index < -0.39 is 21.7 Å². The first-order valence-electron chi connectivity index (χ1n) is 5.93. The van der Waals surface area contributed by atoms with Gasteiger partial charge in [-0.1, -0.05) is 6.07 Å². The molecule has 0 saturated heterocycles. The molecule has 0 unspecified atom stereocenters. The molecule has 0 saturated carbocycles. The van der Waals surface area contributed by atoms with Crippen LogP contribution in [0.25, 0.3) is 0 Å². The molecular weight excluding hydrogens is 284 g/mol. The summed E-state index contributed by atoms with van der Waals surface area (Å²) in [6, 6.07) is 4.93. The third kappa shape index (κ3) is 5.06. The van der Waals surface area contributed by atoms with Crippen LogP contribution in [0.1, 0.15) is 12.5 Å². The van der Waals surface area contributed by atoms with Crippen LogP contribution in [0, 0.1) is 0 Å². The van der Waals surface area contributed by atoms with Crippen molar-refractivity contribution in [3.05, 3.63) is 23.8 Å². The van der Waals surface area contributed by atoms with E-state index in [1.54, 1.807) is 25.1 Å². The summed E-state index contributed by atoms with van der Waals surface area (Å²) in [6.07, 6.45) is 0. The molecule has 0 radical (unpaired) electrons. The molecule has 0 spiro atoms. The Morgan fingerprint density at radius 1 is 1.40 bits per heavy atom. The van der Waals surface area contributed by atoms with E-state index in [-0.39, 0.29) is 13.2 Å². The number of hydrogen-bond acceptors (Lipinski definition) is 6. The van der Waals surface area contributed by atoms with Gasteiger partial charge in [-0.25, -0.2) is 13.1 Å². The first-order chi connectivity index (χ1) is 9.38. The maximum atomic E-state index is 11.6. The quantitative estimate of drug-likeness (QED) is 0.552. The zero-order valence-electron chi connectivity index (χ0n) is 11.4. The Morgan fingerprint density at radius 2 is 2.10 bits per heavy atom. The van der Waals surface area contributed by atoms with E-state index >= 15 is 0 Å². The molecule has 0 aliphatic rings. The summed E-state index contributed by atoms with van der Waals surface area (Å²) in [6.45, 7) is 1.79. The fraction of sp³-hybridized carbons (Fsp3) is 0.417. The van der Waals surface area contributed by atoms with Crippen LogP contribution in [0.3, 0.4) is 0 Å². The Labute approximate surface area is 118 Å². The van der Waals surface area contributed by atoms with E-state index in [1.165, 1.54) is 7.11 Å². The molecule has 0 aromatic heterocycles. The second kappa shape index (κ2) is 7.11. The molecule has 20 heavy (non-hydrogen) atoms. The maximum absolute atomic E-state index is 11.6. The minimum atomic E-state index is -3.73. The van der Waals surface area contributed by atoms with Gasteiger partial charge in [-0.05, 0) is 24.6 Å². The molecule has 0 bridgehead atoms. The van der Waals surface area contributed by atoms with Gasteiger partial charge in [-0.3, -0.25) is 4.79 Å². The van der Waals surface area contributed by atoms with Crippen molar-refractivity contribution >= 4 is 21.7 Å². The van der Waals surface area contributed by atoms with E-state index in [2.05, 4.69) is 9.46 Å². The second-order valence-electron chi connectivity index (χ2n) is 3.96. The number of nitrogen functional groups attached to an aromatic ring is 1. The number of methoxy groups -OCH3 is 1. The number of ether oxygens (including phenoxy) is 2. The molecule has 8 heteroatoms. The fourth-order valence-corrected chi connectivity index (χ4v) is 2.38. The molecule has 112 valence electrons. The van der Waals surface area contributed by atoms with Crippen molar-refractivity contribution in [2.45, 2.75) is 13.5 Å². The van der Waals surface area contributed by atoms with Gasteiger partial charge in [0, 0.05) is 6.54 Å². The molecule has 0 aliphatic carbocycles. The van der Waals surface area contributed by atoms with Gasteiger partial charge in [0.15, 0.2) is 5.75 Å². The predicted octanol–water partition coefficient (Wildman–Crippen LogP) is 0.260. The lowest BCUT2D eigenvalue weighted by molar-refractivity contribution is -0.139. The number of rotatable bonds is 7. The fourth-order valence-electron chi connectivity index (χ4n) is 1.50. The monoisotopic (exact) mass is 302 g/mol. The lowest BCUT2D eigenvalue weighted by Gasteiger charge is -2.09. The van der Waals surface area contributed by atoms with E-state index in [1.807, 2.05) is 0 Å². The van der Waals surface area contributed by atoms with Crippen molar-refractivity contribution in [3.8, 4) is 5.75 Å². The van der Waals surface area contributed by atoms with Gasteiger partial charge in [0.05, 0.1) is 19.4 Å². The number of carbonyl (C=O) groups excluding carboxylic acids is 1. The summed E-state index contributed by atoms with van der Waals surface area (Å²) < 4.78 is 35.1. The number of benzene rings is 1. The zero-order valence-corrected chi connectivity index (χ0v) is 12.2. The van der Waals surface area contributed by atoms with Gasteiger partial charge in [-0.15, -0.1) is 0 Å². The number of esters is 1. The third-order valence-corrected chi connectivity index (χ3v) is 3.60. The average Bonchev–Trinajstić information content (AvgIpc) is 2.36. The summed E-state index contributed by atoms with van der Waals surface area (Å²) >= 11 is 0. The molecule has 0 atom stereocenters. The normalized spacial score (nSPS) is 11.1. The number of nitrogens with two attached hydrogens (primary N) is 1. The highest BCUT2D eigenvalue weighted by atomic mass is 32.2. The zero-order chi connectivity index (χ0) is 15.2. The summed E-state index contributed by atoms with van der Waals surface area (Å²) in [5, 5.41) is 0. The Balaban J connectivity index is 2.62. The Hall–Kier alpha value is -1.80. The number of anilines is 1. The van der Waals surface area contributed by atoms with Gasteiger partial charge in [0.25, 0.3) is 0 Å². The molecule has 3 N–H and O–H groups in total. The molecule has 7 nitrogen and oxygen atoms in total. The van der Waals surface area contributed by atoms with Gasteiger partial charge in [0.2, 0.25) is 10.0 Å². The van der Waals surface area contributed by atoms with Crippen LogP contribution in [0.4, 0.5) is 5.69 Å². The van der Waals surface area contributed by atoms with Crippen LogP contribution in [0.2, 0.25) is 0 Å². The summed E-state index contributed by atoms with van der Waals surface area (Å²) in [5.74, 6) is -0.968. The van der Waals surface area contributed by atoms with E-state index in [0.717, 1.165) is 0 Å². The lowest BCUT2D eigenvalue weighted by Crippen LogP contribution is -2.30. The van der Waals surface area contributed by atoms with Crippen LogP contribution in [-0.2, 0) is 26.1 Å². The van der Waals surface area contributed by atoms with Crippen LogP contribution < -0.4 is 15.2 Å². The van der Waals surface area contributed by atoms with Crippen molar-refractivity contribution in [1.29, 1.82) is 0 Å². The number of carbonyl (C=O) groups is 1. The summed E-state index contributed by atoms with van der Waals surface area (Å²) in [5.41, 5.74) is 6.79. The largest absolute Gasteiger partial charge is 0.495 e. The molecule has 1 rings (SSSR count). The van der Waals surface area contributed by atoms with Crippen molar-refractivity contribution in [3.63, 3.8) is 0 Å². The number of sulfonamides is 1. The Bertz CT molecular complexity index is 571. The highest BCUT2D eigenvalue weighted by Crippen LogP contribution is 2.21. The molecule has 0 amide bonds. The highest BCUT2D eigenvalue weighted by molar-refractivity contribution is 7.90. The van der Waals surface area contributed by atoms with Gasteiger partial charge >= 0.3 is 5.97 Å². The molecule has 0 aliphatic heterocycles. The lowest BCUT2D eigenvalue weighted by atomic mass is 10.2. The van der Waals surface area contributed by atoms with Crippen molar-refractivity contribution in [1.82, 2.24) is 4.72 Å². The van der Waals surface area contributed by atoms with Gasteiger partial charge in [-0.2, -0.15) is 0 Å². The first-order valence-corrected chi connectivity index (χ1v) is 7.58. The molecule has 1 aromatic rings. The minimum Gasteiger partial charge on any atom is -0.495 e. The Morgan fingerprint density at radius 3 is 2.65 bits per heavy atom. The first kappa shape index (κ1) is 16.3. The maximum Gasteiger partial charge on any atom is 0.322 e. The summed E-state index contributed by atoms with van der Waals surface area (Å²) in [4.78, 5) is 11.1. The molecule has 0 fully saturated rings. The van der Waals surface area contributed by atoms with Crippen molar-refractivity contribution < 1.29 is 22.7 Å². The third-order valence-electron chi connectivity index (χ3n) is 2.40. The average molecular weight is 302 g/mol. The van der Waals surface area contributed by atoms with E-state index in [4.69, 9.17) is 10.5 Å². The summed E-state index contributed by atoms with van der Waals surface area (Å²) in [7, 11) is -2.23. The van der Waals surface area contributed by atoms with Crippen LogP contribution in [-0.4, -0.2) is 33.9 Å². The van der Waals surface area contributed by atoms with Crippen LogP contribution in [0.15, 0.2) is 18.2 Å². The molecule has 1 aromatic carbocycles. The SMILES string of the molecule is CCOC(=O)CS(=O)(=O)NCc1ccc(OC)c(N)c1. The van der Waals surface area contributed by atoms with Gasteiger partial charge < -0.3 is 15.2 Å². The second-order valence-corrected chi connectivity index (χ2v) is 5.77. The smallest absolute Gasteiger partial charge is 0.322 e. The van der Waals surface area contributed by atoms with Crippen LogP contribution >= 0.6 is 0 Å². The standard InChI is InChI=1S/C12H18N2O5S/c1-3-19-12(15)8-20(16,17)14-7-9-4-5-11(18-2)10(13)6-9/h4-6,14H,3,7-8,13H2,1-2H3. The topological polar surface area (TPSA) is 108 Å². The van der Waals surface area contributed by atoms with E-state index in [9.17, 15) is 13.2 Å². The van der Waals surface area contributed by atoms with Crippen LogP contribution in [0.5, 0.6) is 5.75 Å². The minimum absolute atomic E-state index is 0.0376. The number of nitrogens with one attached hydrogen (secondary N) is 1. The number of hydrogen-bond donors (Lipinski definition) is 2. The highest BCUT2D eigenvalue weighted by Gasteiger charge is 2.17. The predicted molar refractivity (Wildman–Crippen MR) is 74.7 cm³/mol. The van der Waals surface area contributed by atoms with E-state index in [0.29, 0.717) is 17.0 Å². The Kier molecular flexibility index (Phi) is 5.78. The van der Waals surface area contributed by atoms with Crippen molar-refractivity contribution in [2.24, 2.45) is 0 Å².